The molecule has 18 heavy (non-hydrogen) atoms. The van der Waals surface area contributed by atoms with Crippen LogP contribution < -0.4 is 5.73 Å². The molecule has 2 rings (SSSR count). The summed E-state index contributed by atoms with van der Waals surface area (Å²) in [7, 11) is 1.23. The van der Waals surface area contributed by atoms with E-state index in [-0.39, 0.29) is 17.2 Å². The summed E-state index contributed by atoms with van der Waals surface area (Å²) in [4.78, 5) is 18.9. The molecule has 0 aromatic carbocycles. The van der Waals surface area contributed by atoms with Crippen LogP contribution in [0.1, 0.15) is 16.2 Å². The van der Waals surface area contributed by atoms with Crippen LogP contribution in [0.2, 0.25) is 0 Å². The van der Waals surface area contributed by atoms with E-state index in [1.165, 1.54) is 30.4 Å². The lowest BCUT2D eigenvalue weighted by Crippen LogP contribution is -2.07. The zero-order valence-corrected chi connectivity index (χ0v) is 9.36. The van der Waals surface area contributed by atoms with Gasteiger partial charge in [0.05, 0.1) is 24.6 Å². The normalized spacial score (nSPS) is 9.78. The molecule has 0 unspecified atom stereocenters. The van der Waals surface area contributed by atoms with Crippen molar-refractivity contribution in [1.29, 1.82) is 5.26 Å². The number of esters is 1. The quantitative estimate of drug-likeness (QED) is 0.732. The maximum atomic E-state index is 11.2. The minimum atomic E-state index is -0.664. The Labute approximate surface area is 102 Å². The summed E-state index contributed by atoms with van der Waals surface area (Å²) in [5, 5.41) is 12.8. The molecule has 90 valence electrons. The highest BCUT2D eigenvalue weighted by Crippen LogP contribution is 2.12. The summed E-state index contributed by atoms with van der Waals surface area (Å²) >= 11 is 0. The number of aromatic nitrogens is 4. The zero-order valence-electron chi connectivity index (χ0n) is 9.36. The molecule has 2 aromatic heterocycles. The molecule has 0 aliphatic rings. The molecule has 2 heterocycles. The highest BCUT2D eigenvalue weighted by atomic mass is 16.5. The molecule has 0 spiro atoms. The van der Waals surface area contributed by atoms with Crippen LogP contribution in [0.3, 0.4) is 0 Å². The van der Waals surface area contributed by atoms with E-state index in [0.717, 1.165) is 0 Å². The first-order chi connectivity index (χ1) is 8.65. The molecule has 2 N–H and O–H groups in total. The molecule has 0 radical (unpaired) electrons. The van der Waals surface area contributed by atoms with E-state index < -0.39 is 5.97 Å². The number of nitrogen functional groups attached to an aromatic ring is 1. The molecule has 0 aliphatic carbocycles. The average molecular weight is 244 g/mol. The monoisotopic (exact) mass is 244 g/mol. The van der Waals surface area contributed by atoms with Gasteiger partial charge in [-0.15, -0.1) is 5.10 Å². The maximum absolute atomic E-state index is 11.2. The highest BCUT2D eigenvalue weighted by Gasteiger charge is 2.14. The van der Waals surface area contributed by atoms with E-state index in [1.54, 1.807) is 0 Å². The van der Waals surface area contributed by atoms with E-state index in [9.17, 15) is 4.79 Å². The molecule has 0 atom stereocenters. The average Bonchev–Trinajstić information content (AvgIpc) is 2.87. The van der Waals surface area contributed by atoms with Crippen molar-refractivity contribution < 1.29 is 9.53 Å². The number of nitriles is 1. The Morgan fingerprint density at radius 1 is 1.56 bits per heavy atom. The Balaban J connectivity index is 2.47. The number of rotatable bonds is 2. The lowest BCUT2D eigenvalue weighted by molar-refractivity contribution is 0.0587. The first-order valence-electron chi connectivity index (χ1n) is 4.81. The van der Waals surface area contributed by atoms with Crippen molar-refractivity contribution >= 4 is 11.7 Å². The Kier molecular flexibility index (Phi) is 2.89. The number of pyridine rings is 1. The number of carbonyl (C=O) groups is 1. The maximum Gasteiger partial charge on any atom is 0.377 e. The third-order valence-corrected chi connectivity index (χ3v) is 2.09. The fraction of sp³-hybridized carbons (Fsp3) is 0.100. The Bertz CT molecular complexity index is 642. The second-order valence-corrected chi connectivity index (χ2v) is 3.26. The minimum absolute atomic E-state index is 0.111. The first-order valence-corrected chi connectivity index (χ1v) is 4.81. The minimum Gasteiger partial charge on any atom is -0.463 e. The topological polar surface area (TPSA) is 120 Å². The molecule has 0 amide bonds. The van der Waals surface area contributed by atoms with Gasteiger partial charge in [0.15, 0.2) is 5.82 Å². The van der Waals surface area contributed by atoms with Gasteiger partial charge in [-0.25, -0.2) is 19.4 Å². The van der Waals surface area contributed by atoms with Crippen molar-refractivity contribution in [3.8, 4) is 11.9 Å². The van der Waals surface area contributed by atoms with Crippen molar-refractivity contribution in [2.24, 2.45) is 0 Å². The van der Waals surface area contributed by atoms with Gasteiger partial charge < -0.3 is 10.5 Å². The highest BCUT2D eigenvalue weighted by molar-refractivity contribution is 5.84. The second kappa shape index (κ2) is 4.50. The Hall–Kier alpha value is -2.95. The van der Waals surface area contributed by atoms with Gasteiger partial charge in [-0.1, -0.05) is 0 Å². The van der Waals surface area contributed by atoms with Gasteiger partial charge in [0, 0.05) is 0 Å². The van der Waals surface area contributed by atoms with E-state index in [0.29, 0.717) is 5.69 Å². The Morgan fingerprint density at radius 2 is 2.33 bits per heavy atom. The molecular weight excluding hydrogens is 236 g/mol. The van der Waals surface area contributed by atoms with Crippen LogP contribution in [0.25, 0.3) is 5.82 Å². The van der Waals surface area contributed by atoms with Gasteiger partial charge in [0.25, 0.3) is 5.82 Å². The molecule has 0 fully saturated rings. The summed E-state index contributed by atoms with van der Waals surface area (Å²) in [5.41, 5.74) is 6.12. The molecule has 8 heteroatoms. The number of ether oxygens (including phenoxy) is 1. The van der Waals surface area contributed by atoms with Crippen LogP contribution in [0, 0.1) is 11.3 Å². The number of nitrogens with zero attached hydrogens (tertiary/aromatic N) is 5. The van der Waals surface area contributed by atoms with Crippen LogP contribution in [0.4, 0.5) is 5.69 Å². The van der Waals surface area contributed by atoms with Crippen molar-refractivity contribution in [2.75, 3.05) is 12.8 Å². The summed E-state index contributed by atoms with van der Waals surface area (Å²) in [6.07, 6.45) is 2.65. The van der Waals surface area contributed by atoms with Crippen LogP contribution >= 0.6 is 0 Å². The lowest BCUT2D eigenvalue weighted by Gasteiger charge is -2.02. The molecule has 2 aromatic rings. The zero-order chi connectivity index (χ0) is 13.1. The number of hydrogen-bond donors (Lipinski definition) is 1. The smallest absolute Gasteiger partial charge is 0.377 e. The van der Waals surface area contributed by atoms with Crippen molar-refractivity contribution in [3.63, 3.8) is 0 Å². The largest absolute Gasteiger partial charge is 0.463 e. The molecular formula is C10H8N6O2. The first kappa shape index (κ1) is 11.5. The van der Waals surface area contributed by atoms with E-state index in [4.69, 9.17) is 11.0 Å². The van der Waals surface area contributed by atoms with Gasteiger partial charge in [0.1, 0.15) is 12.4 Å². The van der Waals surface area contributed by atoms with E-state index >= 15 is 0 Å². The van der Waals surface area contributed by atoms with Gasteiger partial charge in [0.2, 0.25) is 0 Å². The number of carbonyl (C=O) groups excluding carboxylic acids is 1. The number of methoxy groups -OCH3 is 1. The van der Waals surface area contributed by atoms with Crippen LogP contribution in [0.5, 0.6) is 0 Å². The van der Waals surface area contributed by atoms with Gasteiger partial charge >= 0.3 is 5.97 Å². The second-order valence-electron chi connectivity index (χ2n) is 3.26. The van der Waals surface area contributed by atoms with Crippen LogP contribution in [-0.2, 0) is 4.74 Å². The Morgan fingerprint density at radius 3 is 3.00 bits per heavy atom. The van der Waals surface area contributed by atoms with Crippen LogP contribution in [-0.4, -0.2) is 32.8 Å². The summed E-state index contributed by atoms with van der Waals surface area (Å²) in [6.45, 7) is 0. The molecule has 8 nitrogen and oxygen atoms in total. The summed E-state index contributed by atoms with van der Waals surface area (Å²) in [6, 6.07) is 3.40. The van der Waals surface area contributed by atoms with Crippen molar-refractivity contribution in [2.45, 2.75) is 0 Å². The third-order valence-electron chi connectivity index (χ3n) is 2.09. The standard InChI is InChI=1S/C10H8N6O2/c1-18-10(17)8-14-5-16(15-8)9-6(3-11)2-7(12)4-13-9/h2,4-5H,12H2,1H3. The van der Waals surface area contributed by atoms with Gasteiger partial charge in [-0.3, -0.25) is 0 Å². The van der Waals surface area contributed by atoms with Gasteiger partial charge in [-0.05, 0) is 6.07 Å². The lowest BCUT2D eigenvalue weighted by atomic mass is 10.2. The summed E-state index contributed by atoms with van der Waals surface area (Å²) < 4.78 is 5.69. The van der Waals surface area contributed by atoms with Gasteiger partial charge in [-0.2, -0.15) is 5.26 Å². The SMILES string of the molecule is COC(=O)c1ncn(-c2ncc(N)cc2C#N)n1. The van der Waals surface area contributed by atoms with Crippen molar-refractivity contribution in [1.82, 2.24) is 19.7 Å². The summed E-state index contributed by atoms with van der Waals surface area (Å²) in [5.74, 6) is -0.530. The predicted octanol–water partition coefficient (Wildman–Crippen LogP) is -0.0972. The molecule has 0 aliphatic heterocycles. The number of nitrogens with two attached hydrogens (primary N) is 1. The molecule has 0 saturated carbocycles. The number of anilines is 1. The fourth-order valence-corrected chi connectivity index (χ4v) is 1.29. The molecule has 0 saturated heterocycles. The number of hydrogen-bond acceptors (Lipinski definition) is 7. The predicted molar refractivity (Wildman–Crippen MR) is 59.6 cm³/mol. The third kappa shape index (κ3) is 1.97. The van der Waals surface area contributed by atoms with Crippen LogP contribution in [0.15, 0.2) is 18.6 Å². The van der Waals surface area contributed by atoms with Crippen molar-refractivity contribution in [3.05, 3.63) is 30.0 Å². The molecule has 0 bridgehead atoms. The van der Waals surface area contributed by atoms with E-state index in [2.05, 4.69) is 19.8 Å². The fourth-order valence-electron chi connectivity index (χ4n) is 1.29. The van der Waals surface area contributed by atoms with E-state index in [1.807, 2.05) is 6.07 Å².